The van der Waals surface area contributed by atoms with Gasteiger partial charge in [-0.1, -0.05) is 72.8 Å². The fourth-order valence-corrected chi connectivity index (χ4v) is 4.90. The molecular weight excluding hydrogens is 440 g/mol. The zero-order chi connectivity index (χ0) is 24.3. The van der Waals surface area contributed by atoms with Crippen LogP contribution in [-0.4, -0.2) is 36.1 Å². The lowest BCUT2D eigenvalue weighted by molar-refractivity contribution is -0.150. The van der Waals surface area contributed by atoms with Crippen molar-refractivity contribution in [1.29, 1.82) is 0 Å². The van der Waals surface area contributed by atoms with Crippen molar-refractivity contribution >= 4 is 6.03 Å². The number of fused-ring (bicyclic) bond motifs is 1. The van der Waals surface area contributed by atoms with Gasteiger partial charge in [0, 0.05) is 0 Å². The highest BCUT2D eigenvalue weighted by atomic mass is 16.8. The van der Waals surface area contributed by atoms with E-state index in [1.54, 1.807) is 0 Å². The van der Waals surface area contributed by atoms with Crippen LogP contribution < -0.4 is 15.4 Å². The molecule has 0 radical (unpaired) electrons. The second kappa shape index (κ2) is 10.1. The molecule has 35 heavy (non-hydrogen) atoms. The molecule has 1 unspecified atom stereocenters. The maximum Gasteiger partial charge on any atom is 0.315 e. The van der Waals surface area contributed by atoms with Crippen LogP contribution in [0.15, 0.2) is 84.9 Å². The van der Waals surface area contributed by atoms with Crippen molar-refractivity contribution in [3.05, 3.63) is 102 Å². The Bertz CT molecular complexity index is 1120. The number of hydrogen-bond donors (Lipinski definition) is 2. The maximum atomic E-state index is 12.8. The topological polar surface area (TPSA) is 68.8 Å². The van der Waals surface area contributed by atoms with E-state index in [9.17, 15) is 4.79 Å². The molecule has 3 aromatic carbocycles. The Morgan fingerprint density at radius 2 is 1.20 bits per heavy atom. The van der Waals surface area contributed by atoms with Gasteiger partial charge in [0.05, 0.1) is 12.1 Å². The molecule has 3 aromatic rings. The number of hydrogen-bond acceptors (Lipinski definition) is 4. The van der Waals surface area contributed by atoms with Gasteiger partial charge in [0.15, 0.2) is 5.79 Å². The summed E-state index contributed by atoms with van der Waals surface area (Å²) in [5.74, 6) is 0.0908. The predicted octanol–water partition coefficient (Wildman–Crippen LogP) is 4.62. The fourth-order valence-electron chi connectivity index (χ4n) is 4.90. The molecule has 0 saturated carbocycles. The smallest absolute Gasteiger partial charge is 0.315 e. The zero-order valence-corrected chi connectivity index (χ0v) is 20.1. The molecule has 2 saturated heterocycles. The minimum Gasteiger partial charge on any atom is -0.489 e. The number of carbonyl (C=O) groups is 1. The third kappa shape index (κ3) is 5.84. The van der Waals surface area contributed by atoms with Crippen LogP contribution in [0.1, 0.15) is 30.5 Å². The third-order valence-corrected chi connectivity index (χ3v) is 6.52. The molecule has 0 spiro atoms. The number of rotatable bonds is 7. The predicted molar refractivity (Wildman–Crippen MR) is 134 cm³/mol. The Morgan fingerprint density at radius 3 is 1.74 bits per heavy atom. The molecule has 2 N–H and O–H groups in total. The van der Waals surface area contributed by atoms with Gasteiger partial charge in [0.2, 0.25) is 0 Å². The van der Waals surface area contributed by atoms with Crippen LogP contribution in [0.3, 0.4) is 0 Å². The van der Waals surface area contributed by atoms with E-state index in [1.165, 1.54) is 0 Å². The molecule has 2 aliphatic rings. The molecule has 2 amide bonds. The van der Waals surface area contributed by atoms with Crippen molar-refractivity contribution in [3.63, 3.8) is 0 Å². The number of benzene rings is 3. The first-order valence-electron chi connectivity index (χ1n) is 12.2. The van der Waals surface area contributed by atoms with Crippen molar-refractivity contribution in [2.24, 2.45) is 0 Å². The first-order valence-corrected chi connectivity index (χ1v) is 12.2. The van der Waals surface area contributed by atoms with Gasteiger partial charge >= 0.3 is 6.03 Å². The molecule has 2 aliphatic heterocycles. The Labute approximate surface area is 206 Å². The fraction of sp³-hybridized carbons (Fsp3) is 0.345. The van der Waals surface area contributed by atoms with Gasteiger partial charge in [0.1, 0.15) is 24.6 Å². The molecule has 6 nitrogen and oxygen atoms in total. The van der Waals surface area contributed by atoms with Gasteiger partial charge in [-0.15, -0.1) is 0 Å². The molecule has 5 rings (SSSR count). The van der Waals surface area contributed by atoms with Gasteiger partial charge in [-0.3, -0.25) is 0 Å². The largest absolute Gasteiger partial charge is 0.489 e. The standard InChI is InChI=1S/C29H32N2O4/c1-29(2)34-26-24(17-20-9-5-3-6-10-20)30-28(32)31-25(27(26)35-29)18-21-13-15-23(16-14-21)33-19-22-11-7-4-8-12-22/h3-16,24-27H,17-19H2,1-2H3,(H2,30,31,32)/t24?,25-,26+,27+/m1/s1. The SMILES string of the molecule is CC1(C)O[C@H]2[C@@H](Cc3ccc(OCc4ccccc4)cc3)NC(=O)NC(Cc3ccccc3)[C@@H]2O1. The van der Waals surface area contributed by atoms with E-state index in [2.05, 4.69) is 22.8 Å². The van der Waals surface area contributed by atoms with E-state index in [-0.39, 0.29) is 30.3 Å². The van der Waals surface area contributed by atoms with Crippen LogP contribution in [0.4, 0.5) is 4.79 Å². The highest BCUT2D eigenvalue weighted by Gasteiger charge is 2.50. The minimum atomic E-state index is -0.721. The summed E-state index contributed by atoms with van der Waals surface area (Å²) in [6.45, 7) is 4.38. The lowest BCUT2D eigenvalue weighted by atomic mass is 9.92. The average Bonchev–Trinajstić information content (AvgIpc) is 3.14. The van der Waals surface area contributed by atoms with Crippen LogP contribution in [0.2, 0.25) is 0 Å². The second-order valence-electron chi connectivity index (χ2n) is 9.71. The van der Waals surface area contributed by atoms with Gasteiger partial charge in [-0.2, -0.15) is 0 Å². The highest BCUT2D eigenvalue weighted by Crippen LogP contribution is 2.34. The summed E-state index contributed by atoms with van der Waals surface area (Å²) in [5.41, 5.74) is 3.37. The number of amides is 2. The van der Waals surface area contributed by atoms with E-state index >= 15 is 0 Å². The Hall–Kier alpha value is -3.35. The van der Waals surface area contributed by atoms with Gasteiger partial charge in [-0.05, 0) is 55.5 Å². The molecule has 182 valence electrons. The number of urea groups is 1. The minimum absolute atomic E-state index is 0.192. The van der Waals surface area contributed by atoms with Gasteiger partial charge in [-0.25, -0.2) is 4.79 Å². The second-order valence-corrected chi connectivity index (χ2v) is 9.71. The summed E-state index contributed by atoms with van der Waals surface area (Å²) >= 11 is 0. The van der Waals surface area contributed by atoms with E-state index < -0.39 is 5.79 Å². The van der Waals surface area contributed by atoms with Crippen molar-refractivity contribution in [1.82, 2.24) is 10.6 Å². The lowest BCUT2D eigenvalue weighted by Gasteiger charge is -2.26. The van der Waals surface area contributed by atoms with Crippen LogP contribution in [-0.2, 0) is 28.9 Å². The van der Waals surface area contributed by atoms with E-state index in [0.29, 0.717) is 19.4 Å². The number of ether oxygens (including phenoxy) is 3. The van der Waals surface area contributed by atoms with E-state index in [1.807, 2.05) is 86.6 Å². The van der Waals surface area contributed by atoms with Crippen LogP contribution >= 0.6 is 0 Å². The molecule has 0 aliphatic carbocycles. The quantitative estimate of drug-likeness (QED) is 0.527. The van der Waals surface area contributed by atoms with Crippen molar-refractivity contribution in [2.75, 3.05) is 0 Å². The maximum absolute atomic E-state index is 12.8. The highest BCUT2D eigenvalue weighted by molar-refractivity contribution is 5.75. The van der Waals surface area contributed by atoms with Gasteiger partial charge in [0.25, 0.3) is 0 Å². The van der Waals surface area contributed by atoms with Crippen molar-refractivity contribution in [3.8, 4) is 5.75 Å². The lowest BCUT2D eigenvalue weighted by Crippen LogP contribution is -2.47. The van der Waals surface area contributed by atoms with E-state index in [4.69, 9.17) is 14.2 Å². The first-order chi connectivity index (χ1) is 16.9. The van der Waals surface area contributed by atoms with Crippen molar-refractivity contribution in [2.45, 2.75) is 63.4 Å². The Morgan fingerprint density at radius 1 is 0.714 bits per heavy atom. The molecule has 0 aromatic heterocycles. The van der Waals surface area contributed by atoms with Crippen LogP contribution in [0.5, 0.6) is 5.75 Å². The Balaban J connectivity index is 1.29. The molecular formula is C29H32N2O4. The van der Waals surface area contributed by atoms with Crippen LogP contribution in [0.25, 0.3) is 0 Å². The van der Waals surface area contributed by atoms with Crippen LogP contribution in [0, 0.1) is 0 Å². The molecule has 2 fully saturated rings. The Kier molecular flexibility index (Phi) is 6.75. The van der Waals surface area contributed by atoms with E-state index in [0.717, 1.165) is 22.4 Å². The summed E-state index contributed by atoms with van der Waals surface area (Å²) < 4.78 is 18.6. The number of carbonyl (C=O) groups excluding carboxylic acids is 1. The molecule has 0 bridgehead atoms. The first kappa shape index (κ1) is 23.4. The molecule has 4 atom stereocenters. The average molecular weight is 473 g/mol. The molecule has 2 heterocycles. The summed E-state index contributed by atoms with van der Waals surface area (Å²) in [4.78, 5) is 12.8. The third-order valence-electron chi connectivity index (χ3n) is 6.52. The zero-order valence-electron chi connectivity index (χ0n) is 20.1. The van der Waals surface area contributed by atoms with Gasteiger partial charge < -0.3 is 24.8 Å². The monoisotopic (exact) mass is 472 g/mol. The normalized spacial score (nSPS) is 25.1. The summed E-state index contributed by atoms with van der Waals surface area (Å²) in [6, 6.07) is 27.7. The summed E-state index contributed by atoms with van der Waals surface area (Å²) in [6.07, 6.45) is 0.773. The molecule has 6 heteroatoms. The van der Waals surface area contributed by atoms with Crippen molar-refractivity contribution < 1.29 is 19.0 Å². The number of nitrogens with one attached hydrogen (secondary N) is 2. The summed E-state index contributed by atoms with van der Waals surface area (Å²) in [7, 11) is 0. The summed E-state index contributed by atoms with van der Waals surface area (Å²) in [5, 5.41) is 6.25.